The average Bonchev–Trinajstić information content (AvgIpc) is 2.75. The maximum Gasteiger partial charge on any atom is 0.164 e. The van der Waals surface area contributed by atoms with E-state index in [1.165, 1.54) is 44.7 Å². The van der Waals surface area contributed by atoms with Gasteiger partial charge in [0.1, 0.15) is 5.69 Å². The van der Waals surface area contributed by atoms with E-state index in [-0.39, 0.29) is 11.2 Å². The molecule has 1 heterocycles. The third kappa shape index (κ3) is 4.92. The molecule has 1 aromatic rings. The van der Waals surface area contributed by atoms with Crippen molar-refractivity contribution in [1.82, 2.24) is 9.78 Å². The van der Waals surface area contributed by atoms with Gasteiger partial charge in [-0.25, -0.2) is 4.39 Å². The number of hydrogen-bond acceptors (Lipinski definition) is 1. The Balaban J connectivity index is 2.74. The summed E-state index contributed by atoms with van der Waals surface area (Å²) in [6.45, 7) is 6.62. The van der Waals surface area contributed by atoms with Crippen LogP contribution in [-0.4, -0.2) is 9.78 Å². The van der Waals surface area contributed by atoms with Crippen LogP contribution in [0.3, 0.4) is 0 Å². The van der Waals surface area contributed by atoms with Crippen molar-refractivity contribution >= 4 is 0 Å². The van der Waals surface area contributed by atoms with E-state index in [4.69, 9.17) is 0 Å². The molecule has 0 radical (unpaired) electrons. The summed E-state index contributed by atoms with van der Waals surface area (Å²) in [5.74, 6) is -0.137. The van der Waals surface area contributed by atoms with E-state index in [0.29, 0.717) is 5.69 Å². The minimum atomic E-state index is -0.137. The molecule has 1 atom stereocenters. The number of rotatable bonds is 10. The first kappa shape index (κ1) is 17.2. The van der Waals surface area contributed by atoms with Gasteiger partial charge in [-0.05, 0) is 12.8 Å². The van der Waals surface area contributed by atoms with E-state index >= 15 is 0 Å². The Morgan fingerprint density at radius 1 is 1.05 bits per heavy atom. The molecule has 3 heteroatoms. The van der Waals surface area contributed by atoms with Crippen LogP contribution < -0.4 is 0 Å². The molecule has 0 saturated carbocycles. The lowest BCUT2D eigenvalue weighted by molar-refractivity contribution is 0.342. The maximum atomic E-state index is 14.1. The highest BCUT2D eigenvalue weighted by Crippen LogP contribution is 2.35. The standard InChI is InChI=1S/C17H31FN2/c1-5-7-9-11-13-17(3,12-10-8-6-2)16-15(18)14-20(4)19-16/h14H,5-13H2,1-4H3. The van der Waals surface area contributed by atoms with Crippen LogP contribution in [0.5, 0.6) is 0 Å². The van der Waals surface area contributed by atoms with Gasteiger partial charge in [-0.3, -0.25) is 4.68 Å². The van der Waals surface area contributed by atoms with Crippen LogP contribution in [0.1, 0.15) is 84.3 Å². The van der Waals surface area contributed by atoms with E-state index in [9.17, 15) is 4.39 Å². The molecule has 1 aromatic heterocycles. The number of aromatic nitrogens is 2. The maximum absolute atomic E-state index is 14.1. The summed E-state index contributed by atoms with van der Waals surface area (Å²) in [5.41, 5.74) is 0.571. The third-order valence-corrected chi connectivity index (χ3v) is 4.27. The van der Waals surface area contributed by atoms with Gasteiger partial charge in [0.05, 0.1) is 6.20 Å². The van der Waals surface area contributed by atoms with Crippen LogP contribution in [-0.2, 0) is 12.5 Å². The van der Waals surface area contributed by atoms with E-state index in [0.717, 1.165) is 19.3 Å². The van der Waals surface area contributed by atoms with Gasteiger partial charge in [0.15, 0.2) is 5.82 Å². The quantitative estimate of drug-likeness (QED) is 0.528. The minimum absolute atomic E-state index is 0.103. The fourth-order valence-electron chi connectivity index (χ4n) is 2.94. The first-order valence-corrected chi connectivity index (χ1v) is 8.23. The summed E-state index contributed by atoms with van der Waals surface area (Å²) >= 11 is 0. The van der Waals surface area contributed by atoms with Crippen molar-refractivity contribution in [3.63, 3.8) is 0 Å². The highest BCUT2D eigenvalue weighted by atomic mass is 19.1. The molecule has 1 unspecified atom stereocenters. The first-order valence-electron chi connectivity index (χ1n) is 8.23. The minimum Gasteiger partial charge on any atom is -0.272 e. The normalized spacial score (nSPS) is 14.4. The fourth-order valence-corrected chi connectivity index (χ4v) is 2.94. The SMILES string of the molecule is CCCCCCC(C)(CCCCC)c1nn(C)cc1F. The van der Waals surface area contributed by atoms with Crippen molar-refractivity contribution in [2.75, 3.05) is 0 Å². The fraction of sp³-hybridized carbons (Fsp3) is 0.824. The summed E-state index contributed by atoms with van der Waals surface area (Å²) in [5, 5.41) is 4.40. The molecule has 2 nitrogen and oxygen atoms in total. The van der Waals surface area contributed by atoms with E-state index in [2.05, 4.69) is 25.9 Å². The predicted molar refractivity (Wildman–Crippen MR) is 83.4 cm³/mol. The van der Waals surface area contributed by atoms with E-state index in [1.807, 2.05) is 0 Å². The largest absolute Gasteiger partial charge is 0.272 e. The number of unbranched alkanes of at least 4 members (excludes halogenated alkanes) is 5. The Morgan fingerprint density at radius 3 is 2.10 bits per heavy atom. The molecule has 0 fully saturated rings. The molecule has 0 bridgehead atoms. The van der Waals surface area contributed by atoms with Gasteiger partial charge in [0.2, 0.25) is 0 Å². The van der Waals surface area contributed by atoms with Crippen LogP contribution in [0.15, 0.2) is 6.20 Å². The molecule has 0 spiro atoms. The van der Waals surface area contributed by atoms with Crippen molar-refractivity contribution in [1.29, 1.82) is 0 Å². The summed E-state index contributed by atoms with van der Waals surface area (Å²) < 4.78 is 15.7. The molecular weight excluding hydrogens is 251 g/mol. The van der Waals surface area contributed by atoms with Crippen LogP contribution >= 0.6 is 0 Å². The average molecular weight is 282 g/mol. The Bertz CT molecular complexity index is 386. The van der Waals surface area contributed by atoms with Crippen LogP contribution in [0.4, 0.5) is 4.39 Å². The zero-order valence-corrected chi connectivity index (χ0v) is 13.7. The second kappa shape index (κ2) is 8.43. The monoisotopic (exact) mass is 282 g/mol. The molecule has 0 aliphatic rings. The Morgan fingerprint density at radius 2 is 1.60 bits per heavy atom. The van der Waals surface area contributed by atoms with Gasteiger partial charge < -0.3 is 0 Å². The van der Waals surface area contributed by atoms with Gasteiger partial charge >= 0.3 is 0 Å². The third-order valence-electron chi connectivity index (χ3n) is 4.27. The number of halogens is 1. The van der Waals surface area contributed by atoms with Crippen molar-refractivity contribution in [3.8, 4) is 0 Å². The smallest absolute Gasteiger partial charge is 0.164 e. The predicted octanol–water partition coefficient (Wildman–Crippen LogP) is 5.37. The Kier molecular flexibility index (Phi) is 7.25. The summed E-state index contributed by atoms with van der Waals surface area (Å²) in [4.78, 5) is 0. The molecule has 0 aromatic carbocycles. The lowest BCUT2D eigenvalue weighted by atomic mass is 9.77. The number of nitrogens with zero attached hydrogens (tertiary/aromatic N) is 2. The number of hydrogen-bond donors (Lipinski definition) is 0. The van der Waals surface area contributed by atoms with Crippen LogP contribution in [0.2, 0.25) is 0 Å². The molecule has 0 amide bonds. The molecule has 1 rings (SSSR count). The van der Waals surface area contributed by atoms with Gasteiger partial charge in [-0.2, -0.15) is 5.10 Å². The second-order valence-electron chi connectivity index (χ2n) is 6.33. The van der Waals surface area contributed by atoms with E-state index in [1.54, 1.807) is 11.7 Å². The Hall–Kier alpha value is -0.860. The van der Waals surface area contributed by atoms with Gasteiger partial charge in [0, 0.05) is 12.5 Å². The Labute approximate surface area is 123 Å². The van der Waals surface area contributed by atoms with Crippen molar-refractivity contribution in [2.24, 2.45) is 7.05 Å². The molecule has 0 saturated heterocycles. The molecule has 0 N–H and O–H groups in total. The van der Waals surface area contributed by atoms with Crippen LogP contribution in [0.25, 0.3) is 0 Å². The topological polar surface area (TPSA) is 17.8 Å². The summed E-state index contributed by atoms with van der Waals surface area (Å²) in [7, 11) is 1.80. The summed E-state index contributed by atoms with van der Waals surface area (Å²) in [6.07, 6.45) is 12.1. The lowest BCUT2D eigenvalue weighted by Crippen LogP contribution is -2.24. The van der Waals surface area contributed by atoms with Crippen LogP contribution in [0, 0.1) is 5.82 Å². The van der Waals surface area contributed by atoms with Gasteiger partial charge in [-0.1, -0.05) is 65.7 Å². The van der Waals surface area contributed by atoms with Crippen molar-refractivity contribution < 1.29 is 4.39 Å². The van der Waals surface area contributed by atoms with Gasteiger partial charge in [-0.15, -0.1) is 0 Å². The second-order valence-corrected chi connectivity index (χ2v) is 6.33. The number of aryl methyl sites for hydroxylation is 1. The lowest BCUT2D eigenvalue weighted by Gasteiger charge is -2.28. The van der Waals surface area contributed by atoms with E-state index < -0.39 is 0 Å². The molecular formula is C17H31FN2. The highest BCUT2D eigenvalue weighted by molar-refractivity contribution is 5.16. The van der Waals surface area contributed by atoms with Crippen molar-refractivity contribution in [2.45, 2.75) is 84.0 Å². The zero-order chi connectivity index (χ0) is 15.0. The molecule has 0 aliphatic heterocycles. The molecule has 0 aliphatic carbocycles. The highest BCUT2D eigenvalue weighted by Gasteiger charge is 2.31. The molecule has 116 valence electrons. The zero-order valence-electron chi connectivity index (χ0n) is 13.7. The molecule has 20 heavy (non-hydrogen) atoms. The van der Waals surface area contributed by atoms with Crippen molar-refractivity contribution in [3.05, 3.63) is 17.7 Å². The first-order chi connectivity index (χ1) is 9.53. The van der Waals surface area contributed by atoms with Gasteiger partial charge in [0.25, 0.3) is 0 Å². The summed E-state index contributed by atoms with van der Waals surface area (Å²) in [6, 6.07) is 0.